The smallest absolute Gasteiger partial charge is 0.204 e. The van der Waals surface area contributed by atoms with E-state index in [4.69, 9.17) is 8.83 Å². The van der Waals surface area contributed by atoms with E-state index in [2.05, 4.69) is 0 Å². The van der Waals surface area contributed by atoms with Crippen molar-refractivity contribution < 1.29 is 24.2 Å². The molecule has 0 saturated heterocycles. The van der Waals surface area contributed by atoms with Crippen LogP contribution in [-0.4, -0.2) is 15.3 Å². The molecular formula is C32H24O7. The van der Waals surface area contributed by atoms with Gasteiger partial charge < -0.3 is 24.2 Å². The Kier molecular flexibility index (Phi) is 6.64. The summed E-state index contributed by atoms with van der Waals surface area (Å²) < 4.78 is 10.8. The molecule has 0 atom stereocenters. The van der Waals surface area contributed by atoms with Crippen LogP contribution >= 0.6 is 0 Å². The van der Waals surface area contributed by atoms with Crippen LogP contribution < -0.4 is 10.9 Å². The Bertz CT molecular complexity index is 1930. The van der Waals surface area contributed by atoms with Gasteiger partial charge >= 0.3 is 0 Å². The van der Waals surface area contributed by atoms with Gasteiger partial charge in [-0.2, -0.15) is 0 Å². The van der Waals surface area contributed by atoms with Crippen molar-refractivity contribution in [2.24, 2.45) is 0 Å². The van der Waals surface area contributed by atoms with Crippen molar-refractivity contribution in [2.75, 3.05) is 0 Å². The Morgan fingerprint density at radius 2 is 1.08 bits per heavy atom. The average Bonchev–Trinajstić information content (AvgIpc) is 2.90. The van der Waals surface area contributed by atoms with Gasteiger partial charge in [0.2, 0.25) is 5.43 Å². The summed E-state index contributed by atoms with van der Waals surface area (Å²) in [5.74, 6) is -0.359. The summed E-state index contributed by atoms with van der Waals surface area (Å²) in [6, 6.07) is 22.1. The maximum atomic E-state index is 12.4. The van der Waals surface area contributed by atoms with E-state index in [1.807, 2.05) is 62.4 Å². The van der Waals surface area contributed by atoms with Crippen molar-refractivity contribution in [1.82, 2.24) is 0 Å². The van der Waals surface area contributed by atoms with Gasteiger partial charge in [0, 0.05) is 18.2 Å². The molecule has 0 radical (unpaired) electrons. The monoisotopic (exact) mass is 520 g/mol. The van der Waals surface area contributed by atoms with Crippen molar-refractivity contribution in [3.05, 3.63) is 123 Å². The molecule has 7 nitrogen and oxygen atoms in total. The fourth-order valence-electron chi connectivity index (χ4n) is 4.20. The number of phenolic OH excluding ortho intramolecular Hbond substituents is 3. The minimum Gasteiger partial charge on any atom is -0.508 e. The van der Waals surface area contributed by atoms with Gasteiger partial charge in [0.1, 0.15) is 46.3 Å². The van der Waals surface area contributed by atoms with Gasteiger partial charge in [-0.3, -0.25) is 9.59 Å². The van der Waals surface area contributed by atoms with Crippen LogP contribution in [0.5, 0.6) is 17.2 Å². The Hall–Kier alpha value is -5.30. The molecule has 4 aromatic carbocycles. The van der Waals surface area contributed by atoms with E-state index in [0.29, 0.717) is 22.1 Å². The summed E-state index contributed by atoms with van der Waals surface area (Å²) in [6.07, 6.45) is 2.78. The van der Waals surface area contributed by atoms with Gasteiger partial charge in [-0.15, -0.1) is 0 Å². The third-order valence-corrected chi connectivity index (χ3v) is 6.32. The summed E-state index contributed by atoms with van der Waals surface area (Å²) in [5, 5.41) is 29.1. The maximum absolute atomic E-state index is 12.4. The molecular weight excluding hydrogens is 496 g/mol. The second-order valence-electron chi connectivity index (χ2n) is 9.21. The first-order valence-electron chi connectivity index (χ1n) is 12.1. The molecule has 0 aliphatic rings. The number of phenols is 3. The lowest BCUT2D eigenvalue weighted by molar-refractivity contribution is 0.452. The van der Waals surface area contributed by atoms with E-state index in [9.17, 15) is 24.9 Å². The Morgan fingerprint density at radius 1 is 0.564 bits per heavy atom. The third-order valence-electron chi connectivity index (χ3n) is 6.32. The Labute approximate surface area is 222 Å². The summed E-state index contributed by atoms with van der Waals surface area (Å²) in [6.45, 7) is 3.96. The topological polar surface area (TPSA) is 121 Å². The van der Waals surface area contributed by atoms with Gasteiger partial charge in [0.15, 0.2) is 5.43 Å². The number of hydrogen-bond acceptors (Lipinski definition) is 7. The summed E-state index contributed by atoms with van der Waals surface area (Å²) in [7, 11) is 0. The van der Waals surface area contributed by atoms with Crippen molar-refractivity contribution in [3.8, 4) is 39.5 Å². The van der Waals surface area contributed by atoms with Gasteiger partial charge in [0.05, 0.1) is 16.5 Å². The van der Waals surface area contributed by atoms with Gasteiger partial charge in [-0.05, 0) is 37.1 Å². The van der Waals surface area contributed by atoms with E-state index in [1.165, 1.54) is 30.7 Å². The Balaban J connectivity index is 0.000000158. The largest absolute Gasteiger partial charge is 0.508 e. The van der Waals surface area contributed by atoms with Crippen molar-refractivity contribution in [2.45, 2.75) is 13.8 Å². The van der Waals surface area contributed by atoms with Crippen LogP contribution in [0.3, 0.4) is 0 Å². The normalized spacial score (nSPS) is 10.8. The fourth-order valence-corrected chi connectivity index (χ4v) is 4.20. The zero-order valence-corrected chi connectivity index (χ0v) is 21.1. The van der Waals surface area contributed by atoms with Crippen LogP contribution in [0.1, 0.15) is 11.1 Å². The van der Waals surface area contributed by atoms with E-state index < -0.39 is 0 Å². The number of fused-ring (bicyclic) bond motifs is 2. The number of hydrogen-bond donors (Lipinski definition) is 3. The molecule has 0 aliphatic heterocycles. The molecule has 2 heterocycles. The Morgan fingerprint density at radius 3 is 1.67 bits per heavy atom. The van der Waals surface area contributed by atoms with E-state index in [1.54, 1.807) is 6.07 Å². The second kappa shape index (κ2) is 10.2. The highest BCUT2D eigenvalue weighted by atomic mass is 16.3. The van der Waals surface area contributed by atoms with E-state index >= 15 is 0 Å². The SMILES string of the molecule is Cc1ccc(-c2coc3cc(O)cc(O)c3c2=O)cc1.Cc1ccc(-c2coc3cc(O)ccc3c2=O)cc1. The molecule has 0 saturated carbocycles. The predicted molar refractivity (Wildman–Crippen MR) is 150 cm³/mol. The lowest BCUT2D eigenvalue weighted by Gasteiger charge is -2.05. The first kappa shape index (κ1) is 25.4. The lowest BCUT2D eigenvalue weighted by Crippen LogP contribution is -2.05. The predicted octanol–water partition coefficient (Wildman–Crippen LogP) is 6.65. The zero-order chi connectivity index (χ0) is 27.7. The molecule has 0 unspecified atom stereocenters. The van der Waals surface area contributed by atoms with Crippen LogP contribution in [-0.2, 0) is 0 Å². The highest BCUT2D eigenvalue weighted by molar-refractivity contribution is 5.88. The zero-order valence-electron chi connectivity index (χ0n) is 21.1. The van der Waals surface area contributed by atoms with Gasteiger partial charge in [-0.25, -0.2) is 0 Å². The quantitative estimate of drug-likeness (QED) is 0.234. The second-order valence-corrected chi connectivity index (χ2v) is 9.21. The minimum atomic E-state index is -0.326. The molecule has 0 fully saturated rings. The number of aryl methyl sites for hydroxylation is 2. The molecule has 7 heteroatoms. The highest BCUT2D eigenvalue weighted by Gasteiger charge is 2.14. The van der Waals surface area contributed by atoms with Crippen molar-refractivity contribution in [3.63, 3.8) is 0 Å². The van der Waals surface area contributed by atoms with Gasteiger partial charge in [0.25, 0.3) is 0 Å². The summed E-state index contributed by atoms with van der Waals surface area (Å²) >= 11 is 0. The van der Waals surface area contributed by atoms with Crippen molar-refractivity contribution >= 4 is 21.9 Å². The van der Waals surface area contributed by atoms with Crippen LogP contribution in [0.2, 0.25) is 0 Å². The minimum absolute atomic E-state index is 0.0703. The number of rotatable bonds is 2. The molecule has 6 rings (SSSR count). The molecule has 0 amide bonds. The van der Waals surface area contributed by atoms with Crippen molar-refractivity contribution in [1.29, 1.82) is 0 Å². The van der Waals surface area contributed by atoms with Crippen LogP contribution in [0.4, 0.5) is 0 Å². The number of aromatic hydroxyl groups is 3. The van der Waals surface area contributed by atoms with Crippen LogP contribution in [0, 0.1) is 13.8 Å². The molecule has 0 aliphatic carbocycles. The van der Waals surface area contributed by atoms with Crippen LogP contribution in [0.25, 0.3) is 44.2 Å². The molecule has 194 valence electrons. The van der Waals surface area contributed by atoms with E-state index in [0.717, 1.165) is 28.3 Å². The van der Waals surface area contributed by atoms with E-state index in [-0.39, 0.29) is 39.1 Å². The highest BCUT2D eigenvalue weighted by Crippen LogP contribution is 2.29. The molecule has 3 N–H and O–H groups in total. The molecule has 0 bridgehead atoms. The first-order valence-corrected chi connectivity index (χ1v) is 12.1. The summed E-state index contributed by atoms with van der Waals surface area (Å²) in [4.78, 5) is 24.8. The maximum Gasteiger partial charge on any atom is 0.204 e. The number of benzene rings is 4. The standard InChI is InChI=1S/C16H12O4.C16H12O3/c1-9-2-4-10(5-3-9)12-8-20-14-7-11(17)6-13(18)15(14)16(12)19;1-10-2-4-11(5-3-10)14-9-19-15-8-12(17)6-7-13(15)16(14)18/h2-8,17-18H,1H3;2-9,17H,1H3. The first-order chi connectivity index (χ1) is 18.7. The van der Waals surface area contributed by atoms with Crippen LogP contribution in [0.15, 0.2) is 110 Å². The average molecular weight is 521 g/mol. The molecule has 2 aromatic heterocycles. The fraction of sp³-hybridized carbons (Fsp3) is 0.0625. The summed E-state index contributed by atoms with van der Waals surface area (Å²) in [5.41, 5.74) is 4.80. The molecule has 0 spiro atoms. The van der Waals surface area contributed by atoms with Gasteiger partial charge in [-0.1, -0.05) is 59.7 Å². The lowest BCUT2D eigenvalue weighted by atomic mass is 10.0. The third kappa shape index (κ3) is 5.10. The molecule has 6 aromatic rings. The molecule has 39 heavy (non-hydrogen) atoms.